The Morgan fingerprint density at radius 2 is 1.84 bits per heavy atom. The molecule has 2 amide bonds. The SMILES string of the molecule is CCC(=O)NC(C(=O)N1CCC(CCNC)CC1)c1ccccc1.Cl. The van der Waals surface area contributed by atoms with E-state index >= 15 is 0 Å². The summed E-state index contributed by atoms with van der Waals surface area (Å²) in [5.41, 5.74) is 0.849. The lowest BCUT2D eigenvalue weighted by molar-refractivity contribution is -0.137. The van der Waals surface area contributed by atoms with Crippen LogP contribution < -0.4 is 10.6 Å². The van der Waals surface area contributed by atoms with Gasteiger partial charge in [0.15, 0.2) is 0 Å². The van der Waals surface area contributed by atoms with Gasteiger partial charge in [-0.25, -0.2) is 0 Å². The van der Waals surface area contributed by atoms with E-state index in [9.17, 15) is 9.59 Å². The monoisotopic (exact) mass is 367 g/mol. The average Bonchev–Trinajstić information content (AvgIpc) is 2.64. The molecule has 1 saturated heterocycles. The predicted octanol–water partition coefficient (Wildman–Crippen LogP) is 2.52. The number of carbonyl (C=O) groups excluding carboxylic acids is 2. The summed E-state index contributed by atoms with van der Waals surface area (Å²) in [6.45, 7) is 4.38. The van der Waals surface area contributed by atoms with Crippen molar-refractivity contribution in [2.75, 3.05) is 26.7 Å². The van der Waals surface area contributed by atoms with Gasteiger partial charge < -0.3 is 15.5 Å². The first kappa shape index (κ1) is 21.5. The zero-order chi connectivity index (χ0) is 17.4. The molecule has 1 aliphatic rings. The molecule has 2 rings (SSSR count). The van der Waals surface area contributed by atoms with Crippen molar-refractivity contribution in [1.82, 2.24) is 15.5 Å². The van der Waals surface area contributed by atoms with Crippen molar-refractivity contribution >= 4 is 24.2 Å². The van der Waals surface area contributed by atoms with Gasteiger partial charge in [0.1, 0.15) is 6.04 Å². The standard InChI is InChI=1S/C19H29N3O2.ClH/c1-3-17(23)21-18(16-7-5-4-6-8-16)19(24)22-13-10-15(11-14-22)9-12-20-2;/h4-8,15,18,20H,3,9-14H2,1-2H3,(H,21,23);1H. The van der Waals surface area contributed by atoms with Gasteiger partial charge in [-0.2, -0.15) is 0 Å². The van der Waals surface area contributed by atoms with E-state index in [2.05, 4.69) is 10.6 Å². The van der Waals surface area contributed by atoms with Gasteiger partial charge in [0.05, 0.1) is 0 Å². The first-order valence-electron chi connectivity index (χ1n) is 8.93. The van der Waals surface area contributed by atoms with E-state index in [4.69, 9.17) is 0 Å². The van der Waals surface area contributed by atoms with Crippen LogP contribution in [0.2, 0.25) is 0 Å². The van der Waals surface area contributed by atoms with Crippen LogP contribution in [0, 0.1) is 5.92 Å². The number of carbonyl (C=O) groups is 2. The Labute approximate surface area is 157 Å². The Hall–Kier alpha value is -1.59. The highest BCUT2D eigenvalue weighted by Crippen LogP contribution is 2.23. The molecule has 0 saturated carbocycles. The van der Waals surface area contributed by atoms with Crippen molar-refractivity contribution in [3.63, 3.8) is 0 Å². The van der Waals surface area contributed by atoms with Crippen molar-refractivity contribution in [1.29, 1.82) is 0 Å². The quantitative estimate of drug-likeness (QED) is 0.778. The maximum Gasteiger partial charge on any atom is 0.249 e. The third-order valence-corrected chi connectivity index (χ3v) is 4.74. The zero-order valence-electron chi connectivity index (χ0n) is 15.2. The number of hydrogen-bond acceptors (Lipinski definition) is 3. The van der Waals surface area contributed by atoms with Crippen LogP contribution in [0.25, 0.3) is 0 Å². The smallest absolute Gasteiger partial charge is 0.249 e. The minimum absolute atomic E-state index is 0. The van der Waals surface area contributed by atoms with E-state index in [1.807, 2.05) is 42.3 Å². The van der Waals surface area contributed by atoms with E-state index in [0.717, 1.165) is 44.5 Å². The number of benzene rings is 1. The van der Waals surface area contributed by atoms with Crippen molar-refractivity contribution < 1.29 is 9.59 Å². The largest absolute Gasteiger partial charge is 0.341 e. The highest BCUT2D eigenvalue weighted by atomic mass is 35.5. The Bertz CT molecular complexity index is 531. The van der Waals surface area contributed by atoms with Crippen molar-refractivity contribution in [2.24, 2.45) is 5.92 Å². The fourth-order valence-corrected chi connectivity index (χ4v) is 3.17. The minimum atomic E-state index is -0.576. The first-order chi connectivity index (χ1) is 11.7. The molecular weight excluding hydrogens is 338 g/mol. The second kappa shape index (κ2) is 11.1. The van der Waals surface area contributed by atoms with Crippen LogP contribution in [0.1, 0.15) is 44.2 Å². The third-order valence-electron chi connectivity index (χ3n) is 4.74. The summed E-state index contributed by atoms with van der Waals surface area (Å²) in [5, 5.41) is 6.07. The molecule has 0 aliphatic carbocycles. The zero-order valence-corrected chi connectivity index (χ0v) is 16.0. The van der Waals surface area contributed by atoms with Crippen molar-refractivity contribution in [3.8, 4) is 0 Å². The van der Waals surface area contributed by atoms with Gasteiger partial charge in [0.2, 0.25) is 11.8 Å². The fourth-order valence-electron chi connectivity index (χ4n) is 3.17. The lowest BCUT2D eigenvalue weighted by Gasteiger charge is -2.34. The molecule has 140 valence electrons. The van der Waals surface area contributed by atoms with E-state index < -0.39 is 6.04 Å². The van der Waals surface area contributed by atoms with E-state index in [1.54, 1.807) is 6.92 Å². The maximum atomic E-state index is 13.0. The number of rotatable bonds is 7. The van der Waals surface area contributed by atoms with E-state index in [1.165, 1.54) is 0 Å². The molecule has 0 bridgehead atoms. The second-order valence-corrected chi connectivity index (χ2v) is 6.43. The van der Waals surface area contributed by atoms with Crippen LogP contribution >= 0.6 is 12.4 Å². The topological polar surface area (TPSA) is 61.4 Å². The van der Waals surface area contributed by atoms with Gasteiger partial charge >= 0.3 is 0 Å². The van der Waals surface area contributed by atoms with E-state index in [-0.39, 0.29) is 24.2 Å². The summed E-state index contributed by atoms with van der Waals surface area (Å²) >= 11 is 0. The molecule has 6 heteroatoms. The summed E-state index contributed by atoms with van der Waals surface area (Å²) < 4.78 is 0. The lowest BCUT2D eigenvalue weighted by Crippen LogP contribution is -2.46. The molecule has 0 aromatic heterocycles. The minimum Gasteiger partial charge on any atom is -0.341 e. The van der Waals surface area contributed by atoms with Crippen molar-refractivity contribution in [2.45, 2.75) is 38.6 Å². The Kier molecular flexibility index (Phi) is 9.53. The van der Waals surface area contributed by atoms with Crippen LogP contribution in [0.15, 0.2) is 30.3 Å². The molecule has 1 fully saturated rings. The van der Waals surface area contributed by atoms with Gasteiger partial charge in [-0.3, -0.25) is 9.59 Å². The third kappa shape index (κ3) is 6.33. The van der Waals surface area contributed by atoms with Gasteiger partial charge in [-0.05, 0) is 44.3 Å². The Balaban J connectivity index is 0.00000312. The summed E-state index contributed by atoms with van der Waals surface area (Å²) in [6.07, 6.45) is 3.61. The first-order valence-corrected chi connectivity index (χ1v) is 8.93. The molecule has 5 nitrogen and oxygen atoms in total. The fraction of sp³-hybridized carbons (Fsp3) is 0.579. The van der Waals surface area contributed by atoms with Gasteiger partial charge in [-0.1, -0.05) is 37.3 Å². The predicted molar refractivity (Wildman–Crippen MR) is 103 cm³/mol. The molecule has 1 aromatic carbocycles. The Morgan fingerprint density at radius 3 is 2.40 bits per heavy atom. The van der Waals surface area contributed by atoms with Crippen molar-refractivity contribution in [3.05, 3.63) is 35.9 Å². The molecule has 1 atom stereocenters. The Morgan fingerprint density at radius 1 is 1.20 bits per heavy atom. The average molecular weight is 368 g/mol. The molecule has 1 aliphatic heterocycles. The van der Waals surface area contributed by atoms with E-state index in [0.29, 0.717) is 12.3 Å². The number of nitrogens with one attached hydrogen (secondary N) is 2. The summed E-state index contributed by atoms with van der Waals surface area (Å²) in [6, 6.07) is 8.94. The van der Waals surface area contributed by atoms with Crippen LogP contribution in [0.5, 0.6) is 0 Å². The van der Waals surface area contributed by atoms with Crippen LogP contribution in [0.3, 0.4) is 0 Å². The molecule has 0 spiro atoms. The van der Waals surface area contributed by atoms with Crippen LogP contribution in [0.4, 0.5) is 0 Å². The normalized spacial score (nSPS) is 16.0. The van der Waals surface area contributed by atoms with Crippen LogP contribution in [-0.4, -0.2) is 43.4 Å². The maximum absolute atomic E-state index is 13.0. The van der Waals surface area contributed by atoms with Gasteiger partial charge in [0, 0.05) is 19.5 Å². The molecule has 2 N–H and O–H groups in total. The number of halogens is 1. The molecule has 25 heavy (non-hydrogen) atoms. The van der Waals surface area contributed by atoms with Crippen LogP contribution in [-0.2, 0) is 9.59 Å². The van der Waals surface area contributed by atoms with Gasteiger partial charge in [-0.15, -0.1) is 12.4 Å². The highest BCUT2D eigenvalue weighted by molar-refractivity contribution is 5.88. The molecular formula is C19H30ClN3O2. The van der Waals surface area contributed by atoms with Gasteiger partial charge in [0.25, 0.3) is 0 Å². The lowest BCUT2D eigenvalue weighted by atomic mass is 9.92. The molecule has 0 radical (unpaired) electrons. The highest BCUT2D eigenvalue weighted by Gasteiger charge is 2.29. The number of piperidine rings is 1. The number of nitrogens with zero attached hydrogens (tertiary/aromatic N) is 1. The second-order valence-electron chi connectivity index (χ2n) is 6.43. The number of hydrogen-bond donors (Lipinski definition) is 2. The summed E-state index contributed by atoms with van der Waals surface area (Å²) in [7, 11) is 1.97. The number of amides is 2. The number of likely N-dealkylation sites (tertiary alicyclic amines) is 1. The summed E-state index contributed by atoms with van der Waals surface area (Å²) in [5.74, 6) is 0.595. The molecule has 1 heterocycles. The molecule has 1 aromatic rings. The molecule has 1 unspecified atom stereocenters. The summed E-state index contributed by atoms with van der Waals surface area (Å²) in [4.78, 5) is 26.7.